The van der Waals surface area contributed by atoms with Crippen molar-refractivity contribution in [2.45, 2.75) is 24.9 Å². The first kappa shape index (κ1) is 12.2. The van der Waals surface area contributed by atoms with E-state index in [0.29, 0.717) is 6.54 Å². The second-order valence-electron chi connectivity index (χ2n) is 4.92. The topological polar surface area (TPSA) is 70.1 Å². The predicted molar refractivity (Wildman–Crippen MR) is 59.8 cm³/mol. The summed E-state index contributed by atoms with van der Waals surface area (Å²) in [5.41, 5.74) is -0.373. The van der Waals surface area contributed by atoms with Crippen molar-refractivity contribution in [3.63, 3.8) is 0 Å². The van der Waals surface area contributed by atoms with Gasteiger partial charge in [-0.3, -0.25) is 4.79 Å². The average Bonchev–Trinajstić information content (AvgIpc) is 2.58. The highest BCUT2D eigenvalue weighted by molar-refractivity contribution is 5.72. The zero-order chi connectivity index (χ0) is 12.5. The number of rotatable bonds is 3. The maximum atomic E-state index is 11.6. The largest absolute Gasteiger partial charge is 0.481 e. The molecule has 0 unspecified atom stereocenters. The molecular weight excluding hydrogens is 224 g/mol. The van der Waals surface area contributed by atoms with Crippen LogP contribution in [0.1, 0.15) is 19.3 Å². The second kappa shape index (κ2) is 4.52. The molecule has 2 rings (SSSR count). The van der Waals surface area contributed by atoms with Gasteiger partial charge in [-0.15, -0.1) is 0 Å². The summed E-state index contributed by atoms with van der Waals surface area (Å²) in [6, 6.07) is 0. The third-order valence-corrected chi connectivity index (χ3v) is 3.53. The Bertz CT molecular complexity index is 323. The number of carboxylic acid groups (broad SMARTS) is 1. The number of amides is 1. The van der Waals surface area contributed by atoms with Crippen LogP contribution in [-0.4, -0.2) is 65.8 Å². The van der Waals surface area contributed by atoms with E-state index in [-0.39, 0.29) is 24.7 Å². The average molecular weight is 242 g/mol. The lowest BCUT2D eigenvalue weighted by Crippen LogP contribution is -2.45. The van der Waals surface area contributed by atoms with Crippen molar-refractivity contribution in [3.8, 4) is 0 Å². The van der Waals surface area contributed by atoms with Crippen LogP contribution in [0.4, 0.5) is 4.79 Å². The molecule has 2 heterocycles. The highest BCUT2D eigenvalue weighted by Crippen LogP contribution is 2.32. The summed E-state index contributed by atoms with van der Waals surface area (Å²) in [7, 11) is 2.05. The van der Waals surface area contributed by atoms with Gasteiger partial charge in [0.05, 0.1) is 13.0 Å². The number of aliphatic carboxylic acids is 1. The van der Waals surface area contributed by atoms with Crippen LogP contribution >= 0.6 is 0 Å². The third-order valence-electron chi connectivity index (χ3n) is 3.53. The van der Waals surface area contributed by atoms with Crippen molar-refractivity contribution >= 4 is 12.1 Å². The molecule has 2 fully saturated rings. The Labute approximate surface area is 100 Å². The molecule has 0 atom stereocenters. The molecule has 17 heavy (non-hydrogen) atoms. The van der Waals surface area contributed by atoms with Crippen LogP contribution in [0.5, 0.6) is 0 Å². The van der Waals surface area contributed by atoms with Gasteiger partial charge in [-0.25, -0.2) is 4.79 Å². The Balaban J connectivity index is 1.92. The van der Waals surface area contributed by atoms with Gasteiger partial charge in [-0.1, -0.05) is 0 Å². The first-order valence-electron chi connectivity index (χ1n) is 5.89. The van der Waals surface area contributed by atoms with Gasteiger partial charge in [0.2, 0.25) is 0 Å². The van der Waals surface area contributed by atoms with Crippen molar-refractivity contribution in [2.75, 3.05) is 33.2 Å². The molecule has 1 amide bonds. The van der Waals surface area contributed by atoms with Gasteiger partial charge in [0.25, 0.3) is 0 Å². The Morgan fingerprint density at radius 3 is 2.71 bits per heavy atom. The number of ether oxygens (including phenoxy) is 1. The maximum absolute atomic E-state index is 11.6. The van der Waals surface area contributed by atoms with Gasteiger partial charge >= 0.3 is 12.1 Å². The lowest BCUT2D eigenvalue weighted by molar-refractivity contribution is -0.137. The molecule has 2 aliphatic heterocycles. The first-order chi connectivity index (χ1) is 8.01. The van der Waals surface area contributed by atoms with E-state index in [0.717, 1.165) is 25.9 Å². The molecule has 2 aliphatic rings. The van der Waals surface area contributed by atoms with E-state index in [4.69, 9.17) is 9.84 Å². The van der Waals surface area contributed by atoms with Gasteiger partial charge in [0, 0.05) is 32.5 Å². The Morgan fingerprint density at radius 2 is 2.12 bits per heavy atom. The van der Waals surface area contributed by atoms with Crippen LogP contribution < -0.4 is 0 Å². The zero-order valence-electron chi connectivity index (χ0n) is 10.0. The van der Waals surface area contributed by atoms with Crippen LogP contribution in [0.25, 0.3) is 0 Å². The Morgan fingerprint density at radius 1 is 1.47 bits per heavy atom. The molecule has 1 spiro atoms. The number of carboxylic acids is 1. The number of hydrogen-bond donors (Lipinski definition) is 1. The molecule has 96 valence electrons. The van der Waals surface area contributed by atoms with Gasteiger partial charge in [0.1, 0.15) is 5.60 Å². The van der Waals surface area contributed by atoms with E-state index in [9.17, 15) is 9.59 Å². The summed E-state index contributed by atoms with van der Waals surface area (Å²) < 4.78 is 5.45. The number of nitrogens with zero attached hydrogens (tertiary/aromatic N) is 2. The third kappa shape index (κ3) is 2.69. The van der Waals surface area contributed by atoms with Crippen molar-refractivity contribution in [2.24, 2.45) is 0 Å². The monoisotopic (exact) mass is 242 g/mol. The van der Waals surface area contributed by atoms with Crippen LogP contribution in [0.15, 0.2) is 0 Å². The first-order valence-corrected chi connectivity index (χ1v) is 5.89. The predicted octanol–water partition coefficient (Wildman–Crippen LogP) is 0.378. The summed E-state index contributed by atoms with van der Waals surface area (Å²) in [6.07, 6.45) is 1.28. The standard InChI is InChI=1S/C11H18N2O4/c1-12-6-3-11(4-7-12)8-13(10(16)17-11)5-2-9(14)15/h2-8H2,1H3,(H,14,15). The smallest absolute Gasteiger partial charge is 0.410 e. The summed E-state index contributed by atoms with van der Waals surface area (Å²) in [6.45, 7) is 2.61. The molecule has 0 saturated carbocycles. The Hall–Kier alpha value is -1.30. The fraction of sp³-hybridized carbons (Fsp3) is 0.818. The van der Waals surface area contributed by atoms with Crippen LogP contribution in [0.2, 0.25) is 0 Å². The van der Waals surface area contributed by atoms with E-state index in [1.54, 1.807) is 0 Å². The lowest BCUT2D eigenvalue weighted by Gasteiger charge is -2.35. The fourth-order valence-electron chi connectivity index (χ4n) is 2.38. The molecule has 2 saturated heterocycles. The fourth-order valence-corrected chi connectivity index (χ4v) is 2.38. The van der Waals surface area contributed by atoms with Crippen LogP contribution in [-0.2, 0) is 9.53 Å². The van der Waals surface area contributed by atoms with Gasteiger partial charge in [0.15, 0.2) is 0 Å². The van der Waals surface area contributed by atoms with E-state index in [2.05, 4.69) is 4.90 Å². The quantitative estimate of drug-likeness (QED) is 0.774. The van der Waals surface area contributed by atoms with Crippen molar-refractivity contribution < 1.29 is 19.4 Å². The van der Waals surface area contributed by atoms with E-state index >= 15 is 0 Å². The summed E-state index contributed by atoms with van der Waals surface area (Å²) in [4.78, 5) is 25.8. The highest BCUT2D eigenvalue weighted by atomic mass is 16.6. The van der Waals surface area contributed by atoms with Gasteiger partial charge < -0.3 is 19.6 Å². The Kier molecular flexibility index (Phi) is 3.24. The van der Waals surface area contributed by atoms with E-state index in [1.165, 1.54) is 4.90 Å². The molecule has 0 bridgehead atoms. The van der Waals surface area contributed by atoms with E-state index in [1.807, 2.05) is 7.05 Å². The summed E-state index contributed by atoms with van der Waals surface area (Å²) >= 11 is 0. The number of carbonyl (C=O) groups is 2. The molecule has 0 aromatic heterocycles. The summed E-state index contributed by atoms with van der Waals surface area (Å²) in [5.74, 6) is -0.887. The molecule has 6 heteroatoms. The zero-order valence-corrected chi connectivity index (χ0v) is 10.0. The molecule has 0 aliphatic carbocycles. The number of piperidine rings is 1. The summed E-state index contributed by atoms with van der Waals surface area (Å²) in [5, 5.41) is 8.61. The van der Waals surface area contributed by atoms with Gasteiger partial charge in [-0.2, -0.15) is 0 Å². The van der Waals surface area contributed by atoms with Crippen molar-refractivity contribution in [1.82, 2.24) is 9.80 Å². The van der Waals surface area contributed by atoms with Gasteiger partial charge in [-0.05, 0) is 7.05 Å². The minimum absolute atomic E-state index is 0.0227. The number of hydrogen-bond acceptors (Lipinski definition) is 4. The van der Waals surface area contributed by atoms with Crippen LogP contribution in [0, 0.1) is 0 Å². The van der Waals surface area contributed by atoms with Crippen molar-refractivity contribution in [3.05, 3.63) is 0 Å². The van der Waals surface area contributed by atoms with Crippen molar-refractivity contribution in [1.29, 1.82) is 0 Å². The highest BCUT2D eigenvalue weighted by Gasteiger charge is 2.46. The lowest BCUT2D eigenvalue weighted by atomic mass is 9.91. The molecule has 6 nitrogen and oxygen atoms in total. The second-order valence-corrected chi connectivity index (χ2v) is 4.92. The minimum atomic E-state index is -0.887. The molecule has 1 N–H and O–H groups in total. The molecule has 0 radical (unpaired) electrons. The van der Waals surface area contributed by atoms with E-state index < -0.39 is 5.97 Å². The maximum Gasteiger partial charge on any atom is 0.410 e. The number of carbonyl (C=O) groups excluding carboxylic acids is 1. The normalized spacial score (nSPS) is 24.1. The number of likely N-dealkylation sites (tertiary alicyclic amines) is 1. The minimum Gasteiger partial charge on any atom is -0.481 e. The molecular formula is C11H18N2O4. The molecule has 0 aromatic carbocycles. The van der Waals surface area contributed by atoms with Crippen LogP contribution in [0.3, 0.4) is 0 Å². The molecule has 0 aromatic rings. The SMILES string of the molecule is CN1CCC2(CC1)CN(CCC(=O)O)C(=O)O2.